The normalized spacial score (nSPS) is 10.3. The standard InChI is InChI=1S/C17H15Cl2NO3/c1-10-3-4-12(7-11(10)2)17(22)23-9-16(21)20-15-8-13(18)5-6-14(15)19/h3-8H,9H2,1-2H3,(H,20,21). The summed E-state index contributed by atoms with van der Waals surface area (Å²) in [6, 6.07) is 9.92. The Labute approximate surface area is 144 Å². The summed E-state index contributed by atoms with van der Waals surface area (Å²) in [6.45, 7) is 3.45. The van der Waals surface area contributed by atoms with Crippen molar-refractivity contribution in [3.8, 4) is 0 Å². The fraction of sp³-hybridized carbons (Fsp3) is 0.176. The Balaban J connectivity index is 1.94. The number of carbonyl (C=O) groups excluding carboxylic acids is 2. The third kappa shape index (κ3) is 4.71. The average molecular weight is 352 g/mol. The number of carbonyl (C=O) groups is 2. The summed E-state index contributed by atoms with van der Waals surface area (Å²) in [5.74, 6) is -1.05. The van der Waals surface area contributed by atoms with E-state index in [2.05, 4.69) is 5.32 Å². The highest BCUT2D eigenvalue weighted by Gasteiger charge is 2.12. The molecule has 2 rings (SSSR count). The van der Waals surface area contributed by atoms with Crippen LogP contribution in [0.25, 0.3) is 0 Å². The number of halogens is 2. The molecule has 0 aliphatic carbocycles. The summed E-state index contributed by atoms with van der Waals surface area (Å²) in [5.41, 5.74) is 2.83. The third-order valence-corrected chi connectivity index (χ3v) is 3.84. The van der Waals surface area contributed by atoms with Crippen LogP contribution in [0, 0.1) is 13.8 Å². The Bertz CT molecular complexity index is 759. The van der Waals surface area contributed by atoms with E-state index in [0.717, 1.165) is 11.1 Å². The summed E-state index contributed by atoms with van der Waals surface area (Å²) in [5, 5.41) is 3.34. The molecular weight excluding hydrogens is 337 g/mol. The molecule has 120 valence electrons. The second-order valence-corrected chi connectivity index (χ2v) is 5.89. The molecule has 0 saturated carbocycles. The Hall–Kier alpha value is -2.04. The molecule has 4 nitrogen and oxygen atoms in total. The van der Waals surface area contributed by atoms with E-state index in [-0.39, 0.29) is 0 Å². The minimum Gasteiger partial charge on any atom is -0.452 e. The number of benzene rings is 2. The molecule has 6 heteroatoms. The average Bonchev–Trinajstić information content (AvgIpc) is 2.51. The van der Waals surface area contributed by atoms with E-state index in [4.69, 9.17) is 27.9 Å². The van der Waals surface area contributed by atoms with Gasteiger partial charge in [0.25, 0.3) is 5.91 Å². The number of ether oxygens (including phenoxy) is 1. The SMILES string of the molecule is Cc1ccc(C(=O)OCC(=O)Nc2cc(Cl)ccc2Cl)cc1C. The van der Waals surface area contributed by atoms with Crippen LogP contribution < -0.4 is 5.32 Å². The van der Waals surface area contributed by atoms with Gasteiger partial charge in [-0.15, -0.1) is 0 Å². The molecule has 2 aromatic rings. The van der Waals surface area contributed by atoms with Crippen LogP contribution in [-0.4, -0.2) is 18.5 Å². The first kappa shape index (κ1) is 17.3. The molecule has 0 bridgehead atoms. The van der Waals surface area contributed by atoms with Crippen molar-refractivity contribution in [3.05, 3.63) is 63.1 Å². The monoisotopic (exact) mass is 351 g/mol. The molecule has 0 aromatic heterocycles. The number of nitrogens with one attached hydrogen (secondary N) is 1. The van der Waals surface area contributed by atoms with Gasteiger partial charge in [0.15, 0.2) is 6.61 Å². The first-order chi connectivity index (χ1) is 10.9. The maximum Gasteiger partial charge on any atom is 0.338 e. The topological polar surface area (TPSA) is 55.4 Å². The predicted octanol–water partition coefficient (Wildman–Crippen LogP) is 4.41. The van der Waals surface area contributed by atoms with Crippen LogP contribution in [0.1, 0.15) is 21.5 Å². The lowest BCUT2D eigenvalue weighted by Gasteiger charge is -2.09. The van der Waals surface area contributed by atoms with Crippen LogP contribution in [0.2, 0.25) is 10.0 Å². The zero-order valence-electron chi connectivity index (χ0n) is 12.7. The van der Waals surface area contributed by atoms with Crippen molar-refractivity contribution in [1.82, 2.24) is 0 Å². The van der Waals surface area contributed by atoms with Crippen molar-refractivity contribution in [2.24, 2.45) is 0 Å². The molecule has 1 N–H and O–H groups in total. The molecule has 0 aliphatic heterocycles. The first-order valence-electron chi connectivity index (χ1n) is 6.86. The van der Waals surface area contributed by atoms with Crippen molar-refractivity contribution < 1.29 is 14.3 Å². The van der Waals surface area contributed by atoms with Crippen molar-refractivity contribution in [2.75, 3.05) is 11.9 Å². The number of amides is 1. The van der Waals surface area contributed by atoms with Gasteiger partial charge in [-0.3, -0.25) is 4.79 Å². The van der Waals surface area contributed by atoms with Crippen LogP contribution in [-0.2, 0) is 9.53 Å². The molecule has 0 spiro atoms. The molecule has 0 saturated heterocycles. The number of aryl methyl sites for hydroxylation is 2. The van der Waals surface area contributed by atoms with Gasteiger partial charge < -0.3 is 10.1 Å². The van der Waals surface area contributed by atoms with Gasteiger partial charge in [-0.1, -0.05) is 29.3 Å². The Kier molecular flexibility index (Phi) is 5.64. The Morgan fingerprint density at radius 3 is 2.48 bits per heavy atom. The maximum atomic E-state index is 11.9. The fourth-order valence-corrected chi connectivity index (χ4v) is 2.20. The summed E-state index contributed by atoms with van der Waals surface area (Å²) in [4.78, 5) is 23.8. The molecular formula is C17H15Cl2NO3. The highest BCUT2D eigenvalue weighted by Crippen LogP contribution is 2.25. The fourth-order valence-electron chi connectivity index (χ4n) is 1.86. The minimum atomic E-state index is -0.555. The molecule has 0 heterocycles. The van der Waals surface area contributed by atoms with E-state index in [1.54, 1.807) is 24.3 Å². The maximum absolute atomic E-state index is 11.9. The molecule has 0 aliphatic rings. The lowest BCUT2D eigenvalue weighted by Crippen LogP contribution is -2.21. The van der Waals surface area contributed by atoms with Gasteiger partial charge in [-0.05, 0) is 55.3 Å². The van der Waals surface area contributed by atoms with E-state index in [9.17, 15) is 9.59 Å². The number of anilines is 1. The highest BCUT2D eigenvalue weighted by atomic mass is 35.5. The number of esters is 1. The molecule has 1 amide bonds. The molecule has 23 heavy (non-hydrogen) atoms. The number of rotatable bonds is 4. The predicted molar refractivity (Wildman–Crippen MR) is 91.3 cm³/mol. The molecule has 0 unspecified atom stereocenters. The van der Waals surface area contributed by atoms with Gasteiger partial charge >= 0.3 is 5.97 Å². The van der Waals surface area contributed by atoms with Crippen LogP contribution in [0.15, 0.2) is 36.4 Å². The van der Waals surface area contributed by atoms with Gasteiger partial charge in [0.05, 0.1) is 16.3 Å². The zero-order chi connectivity index (χ0) is 17.0. The van der Waals surface area contributed by atoms with Gasteiger partial charge in [0, 0.05) is 5.02 Å². The second kappa shape index (κ2) is 7.49. The van der Waals surface area contributed by atoms with Crippen molar-refractivity contribution in [3.63, 3.8) is 0 Å². The van der Waals surface area contributed by atoms with Crippen LogP contribution >= 0.6 is 23.2 Å². The molecule has 0 fully saturated rings. The Morgan fingerprint density at radius 2 is 1.78 bits per heavy atom. The minimum absolute atomic E-state index is 0.350. The summed E-state index contributed by atoms with van der Waals surface area (Å²) < 4.78 is 5.00. The largest absolute Gasteiger partial charge is 0.452 e. The Morgan fingerprint density at radius 1 is 1.04 bits per heavy atom. The lowest BCUT2D eigenvalue weighted by atomic mass is 10.1. The molecule has 2 aromatic carbocycles. The van der Waals surface area contributed by atoms with Gasteiger partial charge in [-0.25, -0.2) is 4.79 Å². The van der Waals surface area contributed by atoms with Crippen molar-refractivity contribution in [1.29, 1.82) is 0 Å². The van der Waals surface area contributed by atoms with E-state index in [0.29, 0.717) is 21.3 Å². The lowest BCUT2D eigenvalue weighted by molar-refractivity contribution is -0.119. The summed E-state index contributed by atoms with van der Waals surface area (Å²) in [6.07, 6.45) is 0. The quantitative estimate of drug-likeness (QED) is 0.830. The molecule has 0 radical (unpaired) electrons. The van der Waals surface area contributed by atoms with E-state index < -0.39 is 18.5 Å². The second-order valence-electron chi connectivity index (χ2n) is 5.05. The first-order valence-corrected chi connectivity index (χ1v) is 7.61. The highest BCUT2D eigenvalue weighted by molar-refractivity contribution is 6.35. The van der Waals surface area contributed by atoms with Gasteiger partial charge in [-0.2, -0.15) is 0 Å². The summed E-state index contributed by atoms with van der Waals surface area (Å²) >= 11 is 11.8. The van der Waals surface area contributed by atoms with Crippen molar-refractivity contribution in [2.45, 2.75) is 13.8 Å². The van der Waals surface area contributed by atoms with Gasteiger partial charge in [0.1, 0.15) is 0 Å². The molecule has 0 atom stereocenters. The van der Waals surface area contributed by atoms with E-state index >= 15 is 0 Å². The van der Waals surface area contributed by atoms with Crippen molar-refractivity contribution >= 4 is 40.8 Å². The van der Waals surface area contributed by atoms with Gasteiger partial charge in [0.2, 0.25) is 0 Å². The van der Waals surface area contributed by atoms with E-state index in [1.165, 1.54) is 6.07 Å². The van der Waals surface area contributed by atoms with E-state index in [1.807, 2.05) is 19.9 Å². The zero-order valence-corrected chi connectivity index (χ0v) is 14.2. The number of hydrogen-bond donors (Lipinski definition) is 1. The van der Waals surface area contributed by atoms with Crippen LogP contribution in [0.4, 0.5) is 5.69 Å². The third-order valence-electron chi connectivity index (χ3n) is 3.28. The van der Waals surface area contributed by atoms with Crippen LogP contribution in [0.5, 0.6) is 0 Å². The smallest absolute Gasteiger partial charge is 0.338 e. The summed E-state index contributed by atoms with van der Waals surface area (Å²) in [7, 11) is 0. The number of hydrogen-bond acceptors (Lipinski definition) is 3. The van der Waals surface area contributed by atoms with Crippen LogP contribution in [0.3, 0.4) is 0 Å².